The van der Waals surface area contributed by atoms with Crippen molar-refractivity contribution in [3.63, 3.8) is 0 Å². The Labute approximate surface area is 178 Å². The fraction of sp³-hybridized carbons (Fsp3) is 0.360. The van der Waals surface area contributed by atoms with Crippen LogP contribution in [0.1, 0.15) is 30.7 Å². The topological polar surface area (TPSA) is 50.2 Å². The Kier molecular flexibility index (Phi) is 6.60. The average molecular weight is 403 g/mol. The molecule has 156 valence electrons. The van der Waals surface area contributed by atoms with Gasteiger partial charge in [0.1, 0.15) is 5.82 Å². The van der Waals surface area contributed by atoms with Crippen LogP contribution in [0.5, 0.6) is 0 Å². The lowest BCUT2D eigenvalue weighted by atomic mass is 9.96. The zero-order valence-electron chi connectivity index (χ0n) is 17.6. The number of aryl methyl sites for hydroxylation is 2. The molecular weight excluding hydrogens is 372 g/mol. The van der Waals surface area contributed by atoms with Crippen LogP contribution in [0.4, 0.5) is 5.69 Å². The molecular formula is C25H30N4O. The van der Waals surface area contributed by atoms with Gasteiger partial charge in [-0.1, -0.05) is 30.3 Å². The lowest BCUT2D eigenvalue weighted by molar-refractivity contribution is -0.121. The number of piperidine rings is 1. The molecule has 1 atom stereocenters. The average Bonchev–Trinajstić information content (AvgIpc) is 3.21. The van der Waals surface area contributed by atoms with Gasteiger partial charge in [0, 0.05) is 30.3 Å². The molecule has 1 fully saturated rings. The van der Waals surface area contributed by atoms with E-state index in [1.165, 1.54) is 5.56 Å². The van der Waals surface area contributed by atoms with Crippen LogP contribution in [-0.2, 0) is 11.2 Å². The number of nitrogens with one attached hydrogen (secondary N) is 1. The van der Waals surface area contributed by atoms with Crippen LogP contribution in [0.3, 0.4) is 0 Å². The molecule has 1 N–H and O–H groups in total. The predicted molar refractivity (Wildman–Crippen MR) is 121 cm³/mol. The van der Waals surface area contributed by atoms with Gasteiger partial charge in [-0.25, -0.2) is 4.98 Å². The first-order chi connectivity index (χ1) is 14.7. The molecule has 0 radical (unpaired) electrons. The highest BCUT2D eigenvalue weighted by Gasteiger charge is 2.25. The van der Waals surface area contributed by atoms with Crippen LogP contribution in [0.25, 0.3) is 5.69 Å². The van der Waals surface area contributed by atoms with E-state index >= 15 is 0 Å². The molecule has 1 saturated heterocycles. The van der Waals surface area contributed by atoms with E-state index in [0.717, 1.165) is 62.5 Å². The Morgan fingerprint density at radius 1 is 1.13 bits per heavy atom. The molecule has 2 aromatic carbocycles. The molecule has 1 aromatic heterocycles. The van der Waals surface area contributed by atoms with E-state index < -0.39 is 0 Å². The highest BCUT2D eigenvalue weighted by atomic mass is 16.1. The second kappa shape index (κ2) is 9.72. The van der Waals surface area contributed by atoms with Crippen molar-refractivity contribution in [2.45, 2.75) is 32.6 Å². The fourth-order valence-electron chi connectivity index (χ4n) is 4.22. The lowest BCUT2D eigenvalue weighted by Crippen LogP contribution is -2.41. The summed E-state index contributed by atoms with van der Waals surface area (Å²) in [7, 11) is 0. The van der Waals surface area contributed by atoms with Crippen molar-refractivity contribution in [2.24, 2.45) is 5.92 Å². The normalized spacial score (nSPS) is 17.0. The molecule has 0 unspecified atom stereocenters. The van der Waals surface area contributed by atoms with Gasteiger partial charge in [0.15, 0.2) is 0 Å². The van der Waals surface area contributed by atoms with Crippen molar-refractivity contribution >= 4 is 11.6 Å². The quantitative estimate of drug-likeness (QED) is 0.635. The molecule has 30 heavy (non-hydrogen) atoms. The first-order valence-corrected chi connectivity index (χ1v) is 10.9. The summed E-state index contributed by atoms with van der Waals surface area (Å²) in [6.07, 6.45) is 8.01. The Bertz CT molecular complexity index is 949. The van der Waals surface area contributed by atoms with Crippen molar-refractivity contribution in [3.8, 4) is 5.69 Å². The minimum absolute atomic E-state index is 0.0612. The number of nitrogens with zero attached hydrogens (tertiary/aromatic N) is 3. The minimum atomic E-state index is 0.0612. The minimum Gasteiger partial charge on any atom is -0.326 e. The second-order valence-electron chi connectivity index (χ2n) is 8.11. The summed E-state index contributed by atoms with van der Waals surface area (Å²) in [6, 6.07) is 18.6. The summed E-state index contributed by atoms with van der Waals surface area (Å²) >= 11 is 0. The molecule has 0 bridgehead atoms. The number of hydrogen-bond donors (Lipinski definition) is 1. The standard InChI is InChI=1S/C25H30N4O/c1-20-26-15-18-29(20)24-13-11-23(12-14-24)27-25(30)22-10-6-17-28(19-22)16-5-9-21-7-3-2-4-8-21/h2-4,7-8,11-15,18,22H,5-6,9-10,16-17,19H2,1H3,(H,27,30)/t22-/m0/s1. The van der Waals surface area contributed by atoms with Gasteiger partial charge >= 0.3 is 0 Å². The molecule has 3 aromatic rings. The maximum atomic E-state index is 12.8. The number of rotatable bonds is 7. The summed E-state index contributed by atoms with van der Waals surface area (Å²) in [5.74, 6) is 1.14. The van der Waals surface area contributed by atoms with Gasteiger partial charge in [0.05, 0.1) is 5.92 Å². The molecule has 1 amide bonds. The number of likely N-dealkylation sites (tertiary alicyclic amines) is 1. The number of benzene rings is 2. The van der Waals surface area contributed by atoms with Gasteiger partial charge in [-0.15, -0.1) is 0 Å². The molecule has 0 spiro atoms. The van der Waals surface area contributed by atoms with E-state index in [4.69, 9.17) is 0 Å². The van der Waals surface area contributed by atoms with Crippen molar-refractivity contribution in [1.82, 2.24) is 14.5 Å². The monoisotopic (exact) mass is 402 g/mol. The van der Waals surface area contributed by atoms with E-state index in [9.17, 15) is 4.79 Å². The van der Waals surface area contributed by atoms with Crippen LogP contribution in [0.15, 0.2) is 67.0 Å². The Balaban J connectivity index is 1.27. The number of carbonyl (C=O) groups is 1. The van der Waals surface area contributed by atoms with E-state index in [0.29, 0.717) is 0 Å². The number of hydrogen-bond acceptors (Lipinski definition) is 3. The summed E-state index contributed by atoms with van der Waals surface area (Å²) < 4.78 is 2.03. The first kappa shape index (κ1) is 20.4. The van der Waals surface area contributed by atoms with E-state index in [1.807, 2.05) is 42.0 Å². The maximum absolute atomic E-state index is 12.8. The zero-order valence-corrected chi connectivity index (χ0v) is 17.6. The molecule has 5 nitrogen and oxygen atoms in total. The number of imidazole rings is 1. The van der Waals surface area contributed by atoms with E-state index in [-0.39, 0.29) is 11.8 Å². The van der Waals surface area contributed by atoms with Gasteiger partial charge in [0.2, 0.25) is 5.91 Å². The largest absolute Gasteiger partial charge is 0.326 e. The lowest BCUT2D eigenvalue weighted by Gasteiger charge is -2.32. The highest BCUT2D eigenvalue weighted by Crippen LogP contribution is 2.20. The molecule has 4 rings (SSSR count). The van der Waals surface area contributed by atoms with Crippen molar-refractivity contribution in [3.05, 3.63) is 78.4 Å². The van der Waals surface area contributed by atoms with Crippen molar-refractivity contribution in [2.75, 3.05) is 25.0 Å². The SMILES string of the molecule is Cc1nccn1-c1ccc(NC(=O)[C@H]2CCCN(CCCc3ccccc3)C2)cc1. The molecule has 1 aliphatic rings. The van der Waals surface area contributed by atoms with Crippen LogP contribution in [0.2, 0.25) is 0 Å². The molecule has 0 aliphatic carbocycles. The van der Waals surface area contributed by atoms with Crippen molar-refractivity contribution < 1.29 is 4.79 Å². The number of amides is 1. The van der Waals surface area contributed by atoms with Crippen LogP contribution < -0.4 is 5.32 Å². The predicted octanol–water partition coefficient (Wildman–Crippen LogP) is 4.46. The van der Waals surface area contributed by atoms with Crippen molar-refractivity contribution in [1.29, 1.82) is 0 Å². The number of carbonyl (C=O) groups excluding carboxylic acids is 1. The van der Waals surface area contributed by atoms with Crippen LogP contribution in [0, 0.1) is 12.8 Å². The Hall–Kier alpha value is -2.92. The van der Waals surface area contributed by atoms with E-state index in [2.05, 4.69) is 45.5 Å². The van der Waals surface area contributed by atoms with Crippen LogP contribution >= 0.6 is 0 Å². The van der Waals surface area contributed by atoms with Gasteiger partial charge in [-0.05, 0) is 75.5 Å². The summed E-state index contributed by atoms with van der Waals surface area (Å²) in [6.45, 7) is 4.98. The van der Waals surface area contributed by atoms with E-state index in [1.54, 1.807) is 6.20 Å². The fourth-order valence-corrected chi connectivity index (χ4v) is 4.22. The molecule has 1 aliphatic heterocycles. The Morgan fingerprint density at radius 2 is 1.93 bits per heavy atom. The third kappa shape index (κ3) is 5.16. The summed E-state index contributed by atoms with van der Waals surface area (Å²) in [5.41, 5.74) is 3.28. The third-order valence-corrected chi connectivity index (χ3v) is 5.90. The first-order valence-electron chi connectivity index (χ1n) is 10.9. The molecule has 2 heterocycles. The smallest absolute Gasteiger partial charge is 0.228 e. The molecule has 0 saturated carbocycles. The zero-order chi connectivity index (χ0) is 20.8. The van der Waals surface area contributed by atoms with Gasteiger partial charge in [-0.3, -0.25) is 4.79 Å². The third-order valence-electron chi connectivity index (χ3n) is 5.90. The summed E-state index contributed by atoms with van der Waals surface area (Å²) in [4.78, 5) is 19.5. The number of aromatic nitrogens is 2. The highest BCUT2D eigenvalue weighted by molar-refractivity contribution is 5.92. The number of anilines is 1. The summed E-state index contributed by atoms with van der Waals surface area (Å²) in [5, 5.41) is 3.11. The Morgan fingerprint density at radius 3 is 2.67 bits per heavy atom. The van der Waals surface area contributed by atoms with Crippen LogP contribution in [-0.4, -0.2) is 40.0 Å². The van der Waals surface area contributed by atoms with Gasteiger partial charge in [0.25, 0.3) is 0 Å². The second-order valence-corrected chi connectivity index (χ2v) is 8.11. The maximum Gasteiger partial charge on any atom is 0.228 e. The van der Waals surface area contributed by atoms with Gasteiger partial charge < -0.3 is 14.8 Å². The van der Waals surface area contributed by atoms with Gasteiger partial charge in [-0.2, -0.15) is 0 Å². The molecule has 5 heteroatoms.